The third-order valence-corrected chi connectivity index (χ3v) is 3.29. The molecule has 0 spiro atoms. The lowest BCUT2D eigenvalue weighted by atomic mass is 10.1. The van der Waals surface area contributed by atoms with E-state index in [-0.39, 0.29) is 5.82 Å². The first kappa shape index (κ1) is 13.4. The van der Waals surface area contributed by atoms with E-state index in [2.05, 4.69) is 15.2 Å². The zero-order chi connectivity index (χ0) is 14.8. The zero-order valence-electron chi connectivity index (χ0n) is 11.8. The van der Waals surface area contributed by atoms with E-state index in [0.29, 0.717) is 11.5 Å². The number of hydrogen-bond acceptors (Lipinski definition) is 3. The molecule has 0 saturated carbocycles. The lowest BCUT2D eigenvalue weighted by molar-refractivity contribution is 0.628. The summed E-state index contributed by atoms with van der Waals surface area (Å²) in [6, 6.07) is 14.2. The predicted molar refractivity (Wildman–Crippen MR) is 80.1 cm³/mol. The molecule has 0 saturated heterocycles. The molecule has 0 N–H and O–H groups in total. The Bertz CT molecular complexity index is 765. The monoisotopic (exact) mass is 279 g/mol. The molecule has 0 unspecified atom stereocenters. The molecule has 3 rings (SSSR count). The van der Waals surface area contributed by atoms with Gasteiger partial charge in [-0.1, -0.05) is 29.8 Å². The van der Waals surface area contributed by atoms with Crippen LogP contribution >= 0.6 is 0 Å². The summed E-state index contributed by atoms with van der Waals surface area (Å²) in [5, 5.41) is 8.43. The number of rotatable bonds is 2. The summed E-state index contributed by atoms with van der Waals surface area (Å²) in [4.78, 5) is 4.50. The average Bonchev–Trinajstić information content (AvgIpc) is 2.49. The highest BCUT2D eigenvalue weighted by Crippen LogP contribution is 2.22. The molecular weight excluding hydrogens is 265 g/mol. The largest absolute Gasteiger partial charge is 0.230 e. The normalized spacial score (nSPS) is 10.6. The van der Waals surface area contributed by atoms with E-state index in [1.165, 1.54) is 17.7 Å². The van der Waals surface area contributed by atoms with Crippen LogP contribution in [0.15, 0.2) is 48.5 Å². The molecule has 0 aliphatic carbocycles. The maximum atomic E-state index is 13.0. The van der Waals surface area contributed by atoms with Crippen LogP contribution in [0.3, 0.4) is 0 Å². The molecule has 2 aromatic carbocycles. The Balaban J connectivity index is 1.99. The number of hydrogen-bond donors (Lipinski definition) is 0. The highest BCUT2D eigenvalue weighted by molar-refractivity contribution is 5.63. The van der Waals surface area contributed by atoms with Crippen LogP contribution in [0.2, 0.25) is 0 Å². The third kappa shape index (κ3) is 2.79. The Morgan fingerprint density at radius 2 is 1.38 bits per heavy atom. The number of aryl methyl sites for hydroxylation is 2. The number of nitrogens with zero attached hydrogens (tertiary/aromatic N) is 3. The summed E-state index contributed by atoms with van der Waals surface area (Å²) in [6.07, 6.45) is 0. The molecule has 0 fully saturated rings. The molecule has 3 nitrogen and oxygen atoms in total. The fourth-order valence-corrected chi connectivity index (χ4v) is 2.10. The fourth-order valence-electron chi connectivity index (χ4n) is 2.10. The standard InChI is InChI=1S/C17H14FN3/c1-11-3-5-14(6-4-11)17-19-12(2)16(20-21-17)13-7-9-15(18)10-8-13/h3-10H,1-2H3. The minimum absolute atomic E-state index is 0.270. The van der Waals surface area contributed by atoms with E-state index in [1.54, 1.807) is 12.1 Å². The second kappa shape index (κ2) is 5.40. The second-order valence-electron chi connectivity index (χ2n) is 4.94. The van der Waals surface area contributed by atoms with Crippen molar-refractivity contribution in [3.63, 3.8) is 0 Å². The molecule has 4 heteroatoms. The van der Waals surface area contributed by atoms with Gasteiger partial charge in [-0.05, 0) is 38.1 Å². The van der Waals surface area contributed by atoms with Gasteiger partial charge < -0.3 is 0 Å². The third-order valence-electron chi connectivity index (χ3n) is 3.29. The first-order valence-corrected chi connectivity index (χ1v) is 6.68. The Morgan fingerprint density at radius 3 is 2.00 bits per heavy atom. The lowest BCUT2D eigenvalue weighted by Gasteiger charge is -2.06. The summed E-state index contributed by atoms with van der Waals surface area (Å²) in [5.74, 6) is 0.326. The van der Waals surface area contributed by atoms with Crippen LogP contribution in [0, 0.1) is 19.7 Å². The topological polar surface area (TPSA) is 38.7 Å². The quantitative estimate of drug-likeness (QED) is 0.712. The maximum Gasteiger partial charge on any atom is 0.182 e. The van der Waals surface area contributed by atoms with Crippen LogP contribution in [0.5, 0.6) is 0 Å². The van der Waals surface area contributed by atoms with Crippen LogP contribution in [-0.2, 0) is 0 Å². The smallest absolute Gasteiger partial charge is 0.182 e. The molecule has 0 radical (unpaired) electrons. The SMILES string of the molecule is Cc1ccc(-c2nnc(-c3ccc(F)cc3)c(C)n2)cc1. The molecule has 1 heterocycles. The first-order valence-electron chi connectivity index (χ1n) is 6.68. The first-order chi connectivity index (χ1) is 10.1. The Morgan fingerprint density at radius 1 is 0.762 bits per heavy atom. The van der Waals surface area contributed by atoms with E-state index in [4.69, 9.17) is 0 Å². The summed E-state index contributed by atoms with van der Waals surface area (Å²) in [7, 11) is 0. The van der Waals surface area contributed by atoms with Gasteiger partial charge in [0.15, 0.2) is 5.82 Å². The summed E-state index contributed by atoms with van der Waals surface area (Å²) < 4.78 is 13.0. The predicted octanol–water partition coefficient (Wildman–Crippen LogP) is 3.96. The highest BCUT2D eigenvalue weighted by Gasteiger charge is 2.09. The van der Waals surface area contributed by atoms with Gasteiger partial charge in [-0.3, -0.25) is 0 Å². The maximum absolute atomic E-state index is 13.0. The Labute approximate surface area is 122 Å². The van der Waals surface area contributed by atoms with E-state index in [1.807, 2.05) is 38.1 Å². The molecule has 0 bridgehead atoms. The Kier molecular flexibility index (Phi) is 3.44. The molecule has 21 heavy (non-hydrogen) atoms. The van der Waals surface area contributed by atoms with Crippen molar-refractivity contribution in [2.45, 2.75) is 13.8 Å². The summed E-state index contributed by atoms with van der Waals surface area (Å²) in [6.45, 7) is 3.91. The lowest BCUT2D eigenvalue weighted by Crippen LogP contribution is -1.99. The van der Waals surface area contributed by atoms with Gasteiger partial charge in [0, 0.05) is 11.1 Å². The number of aromatic nitrogens is 3. The van der Waals surface area contributed by atoms with Crippen LogP contribution in [0.4, 0.5) is 4.39 Å². The van der Waals surface area contributed by atoms with Crippen LogP contribution < -0.4 is 0 Å². The van der Waals surface area contributed by atoms with Gasteiger partial charge >= 0.3 is 0 Å². The van der Waals surface area contributed by atoms with Crippen LogP contribution in [-0.4, -0.2) is 15.2 Å². The van der Waals surface area contributed by atoms with Crippen LogP contribution in [0.25, 0.3) is 22.6 Å². The van der Waals surface area contributed by atoms with Crippen LogP contribution in [0.1, 0.15) is 11.3 Å². The fraction of sp³-hybridized carbons (Fsp3) is 0.118. The minimum Gasteiger partial charge on any atom is -0.230 e. The van der Waals surface area contributed by atoms with Crippen molar-refractivity contribution in [2.24, 2.45) is 0 Å². The van der Waals surface area contributed by atoms with Crippen molar-refractivity contribution in [3.8, 4) is 22.6 Å². The van der Waals surface area contributed by atoms with Crippen molar-refractivity contribution < 1.29 is 4.39 Å². The van der Waals surface area contributed by atoms with Crippen molar-refractivity contribution in [2.75, 3.05) is 0 Å². The van der Waals surface area contributed by atoms with Gasteiger partial charge in [0.05, 0.1) is 5.69 Å². The van der Waals surface area contributed by atoms with E-state index < -0.39 is 0 Å². The van der Waals surface area contributed by atoms with E-state index in [0.717, 1.165) is 16.8 Å². The number of halogens is 1. The van der Waals surface area contributed by atoms with Gasteiger partial charge in [0.2, 0.25) is 0 Å². The zero-order valence-corrected chi connectivity index (χ0v) is 11.8. The molecule has 0 aliphatic rings. The van der Waals surface area contributed by atoms with E-state index in [9.17, 15) is 4.39 Å². The van der Waals surface area contributed by atoms with Gasteiger partial charge in [-0.15, -0.1) is 10.2 Å². The molecule has 0 amide bonds. The minimum atomic E-state index is -0.270. The molecule has 104 valence electrons. The van der Waals surface area contributed by atoms with Crippen molar-refractivity contribution in [3.05, 3.63) is 65.6 Å². The summed E-state index contributed by atoms with van der Waals surface area (Å²) in [5.41, 5.74) is 4.37. The van der Waals surface area contributed by atoms with Gasteiger partial charge in [-0.2, -0.15) is 0 Å². The highest BCUT2D eigenvalue weighted by atomic mass is 19.1. The van der Waals surface area contributed by atoms with Crippen molar-refractivity contribution >= 4 is 0 Å². The molecule has 1 aromatic heterocycles. The summed E-state index contributed by atoms with van der Waals surface area (Å²) >= 11 is 0. The molecular formula is C17H14FN3. The molecule has 0 atom stereocenters. The van der Waals surface area contributed by atoms with Gasteiger partial charge in [0.1, 0.15) is 11.5 Å². The van der Waals surface area contributed by atoms with Crippen molar-refractivity contribution in [1.82, 2.24) is 15.2 Å². The second-order valence-corrected chi connectivity index (χ2v) is 4.94. The van der Waals surface area contributed by atoms with Crippen molar-refractivity contribution in [1.29, 1.82) is 0 Å². The van der Waals surface area contributed by atoms with E-state index >= 15 is 0 Å². The molecule has 3 aromatic rings. The van der Waals surface area contributed by atoms with Gasteiger partial charge in [-0.25, -0.2) is 9.37 Å². The van der Waals surface area contributed by atoms with Gasteiger partial charge in [0.25, 0.3) is 0 Å². The molecule has 0 aliphatic heterocycles. The Hall–Kier alpha value is -2.62. The average molecular weight is 279 g/mol. The number of benzene rings is 2.